The summed E-state index contributed by atoms with van der Waals surface area (Å²) in [7, 11) is 2.90. The van der Waals surface area contributed by atoms with E-state index in [1.165, 1.54) is 48.6 Å². The number of rotatable bonds is 14. The summed E-state index contributed by atoms with van der Waals surface area (Å²) in [5, 5.41) is 9.86. The lowest BCUT2D eigenvalue weighted by atomic mass is 10.0. The summed E-state index contributed by atoms with van der Waals surface area (Å²) >= 11 is 0. The lowest BCUT2D eigenvalue weighted by Crippen LogP contribution is -2.07. The average Bonchev–Trinajstić information content (AvgIpc) is 3.92. The molecule has 8 rings (SSSR count). The number of benzene rings is 4. The van der Waals surface area contributed by atoms with Crippen LogP contribution in [-0.2, 0) is 22.6 Å². The lowest BCUT2D eigenvalue weighted by molar-refractivity contribution is 0.0513. The number of ether oxygens (including phenoxy) is 4. The topological polar surface area (TPSA) is 158 Å². The van der Waals surface area contributed by atoms with Gasteiger partial charge in [0.25, 0.3) is 12.9 Å². The first kappa shape index (κ1) is 44.3. The molecule has 4 aromatic carbocycles. The van der Waals surface area contributed by atoms with Crippen LogP contribution in [-0.4, -0.2) is 91.7 Å². The first-order valence-electron chi connectivity index (χ1n) is 19.9. The van der Waals surface area contributed by atoms with Crippen LogP contribution >= 0.6 is 0 Å². The molecule has 0 bridgehead atoms. The standard InChI is InChI=1S/2C23H20F2N4O3/c2*1-3-32-23(30)16-9-15-18(10-19(16)31-2)26-13-27-22(15)17-11-29(12-20(24)25)28-21(17)14-7-5-4-6-8-14/h2*4-11,13,20H,3,12H2,1-2H3. The number of alkyl halides is 4. The van der Waals surface area contributed by atoms with Gasteiger partial charge in [-0.05, 0) is 26.0 Å². The van der Waals surface area contributed by atoms with Crippen LogP contribution < -0.4 is 9.47 Å². The van der Waals surface area contributed by atoms with E-state index in [0.29, 0.717) is 67.2 Å². The monoisotopic (exact) mass is 876 g/mol. The van der Waals surface area contributed by atoms with Crippen LogP contribution in [0, 0.1) is 0 Å². The maximum Gasteiger partial charge on any atom is 0.341 e. The van der Waals surface area contributed by atoms with Crippen molar-refractivity contribution in [1.82, 2.24) is 39.5 Å². The normalized spacial score (nSPS) is 11.2. The summed E-state index contributed by atoms with van der Waals surface area (Å²) in [5.41, 5.74) is 6.01. The van der Waals surface area contributed by atoms with Gasteiger partial charge in [0.2, 0.25) is 0 Å². The van der Waals surface area contributed by atoms with Gasteiger partial charge in [-0.2, -0.15) is 10.2 Å². The molecule has 4 aromatic heterocycles. The highest BCUT2D eigenvalue weighted by Crippen LogP contribution is 2.38. The van der Waals surface area contributed by atoms with Crippen molar-refractivity contribution in [2.75, 3.05) is 27.4 Å². The van der Waals surface area contributed by atoms with E-state index < -0.39 is 37.9 Å². The van der Waals surface area contributed by atoms with E-state index in [9.17, 15) is 27.2 Å². The molecule has 0 aliphatic carbocycles. The fourth-order valence-electron chi connectivity index (χ4n) is 6.95. The van der Waals surface area contributed by atoms with Gasteiger partial charge in [0, 0.05) is 57.6 Å². The molecule has 0 spiro atoms. The summed E-state index contributed by atoms with van der Waals surface area (Å²) < 4.78 is 75.6. The minimum atomic E-state index is -2.56. The zero-order valence-corrected chi connectivity index (χ0v) is 34.9. The first-order chi connectivity index (χ1) is 31.0. The van der Waals surface area contributed by atoms with E-state index in [0.717, 1.165) is 11.1 Å². The minimum Gasteiger partial charge on any atom is -0.496 e. The third-order valence-electron chi connectivity index (χ3n) is 9.68. The van der Waals surface area contributed by atoms with E-state index in [4.69, 9.17) is 18.9 Å². The van der Waals surface area contributed by atoms with Crippen molar-refractivity contribution >= 4 is 33.7 Å². The number of methoxy groups -OCH3 is 2. The molecule has 0 N–H and O–H groups in total. The highest BCUT2D eigenvalue weighted by molar-refractivity contribution is 6.04. The summed E-state index contributed by atoms with van der Waals surface area (Å²) in [6.07, 6.45) is 0.692. The molecule has 328 valence electrons. The van der Waals surface area contributed by atoms with E-state index in [1.807, 2.05) is 60.7 Å². The molecule has 64 heavy (non-hydrogen) atoms. The second-order valence-electron chi connectivity index (χ2n) is 13.8. The van der Waals surface area contributed by atoms with Gasteiger partial charge in [-0.3, -0.25) is 9.36 Å². The van der Waals surface area contributed by atoms with E-state index in [1.54, 1.807) is 38.1 Å². The Morgan fingerprint density at radius 1 is 0.562 bits per heavy atom. The zero-order valence-electron chi connectivity index (χ0n) is 34.9. The molecule has 0 radical (unpaired) electrons. The molecule has 0 unspecified atom stereocenters. The zero-order chi connectivity index (χ0) is 45.3. The van der Waals surface area contributed by atoms with Gasteiger partial charge in [-0.25, -0.2) is 47.1 Å². The van der Waals surface area contributed by atoms with Crippen LogP contribution in [0.2, 0.25) is 0 Å². The van der Waals surface area contributed by atoms with Gasteiger partial charge in [0.15, 0.2) is 0 Å². The molecule has 0 aliphatic rings. The minimum absolute atomic E-state index is 0.205. The number of carbonyl (C=O) groups is 2. The largest absolute Gasteiger partial charge is 0.496 e. The first-order valence-corrected chi connectivity index (χ1v) is 19.9. The third kappa shape index (κ3) is 9.65. The molecule has 0 saturated heterocycles. The number of hydrogen-bond acceptors (Lipinski definition) is 12. The van der Waals surface area contributed by atoms with Crippen molar-refractivity contribution in [3.63, 3.8) is 0 Å². The molecule has 14 nitrogen and oxygen atoms in total. The Hall–Kier alpha value is -7.76. The van der Waals surface area contributed by atoms with Crippen LogP contribution in [0.25, 0.3) is 66.8 Å². The Morgan fingerprint density at radius 3 is 1.30 bits per heavy atom. The summed E-state index contributed by atoms with van der Waals surface area (Å²) in [4.78, 5) is 42.4. The number of carbonyl (C=O) groups excluding carboxylic acids is 2. The number of nitrogens with zero attached hydrogens (tertiary/aromatic N) is 8. The maximum atomic E-state index is 13.1. The Morgan fingerprint density at radius 2 is 0.953 bits per heavy atom. The van der Waals surface area contributed by atoms with Crippen molar-refractivity contribution in [3.05, 3.63) is 121 Å². The van der Waals surface area contributed by atoms with Crippen LogP contribution in [0.1, 0.15) is 34.6 Å². The predicted octanol–water partition coefficient (Wildman–Crippen LogP) is 9.22. The Kier molecular flexibility index (Phi) is 13.8. The smallest absolute Gasteiger partial charge is 0.341 e. The van der Waals surface area contributed by atoms with Crippen molar-refractivity contribution in [1.29, 1.82) is 0 Å². The molecule has 0 saturated carbocycles. The predicted molar refractivity (Wildman–Crippen MR) is 229 cm³/mol. The van der Waals surface area contributed by atoms with Crippen LogP contribution in [0.15, 0.2) is 110 Å². The van der Waals surface area contributed by atoms with Crippen molar-refractivity contribution in [3.8, 4) is 56.5 Å². The second-order valence-corrected chi connectivity index (χ2v) is 13.8. The van der Waals surface area contributed by atoms with Gasteiger partial charge >= 0.3 is 11.9 Å². The van der Waals surface area contributed by atoms with Gasteiger partial charge in [-0.1, -0.05) is 60.7 Å². The lowest BCUT2D eigenvalue weighted by Gasteiger charge is -2.11. The van der Waals surface area contributed by atoms with Crippen LogP contribution in [0.4, 0.5) is 17.6 Å². The Labute approximate surface area is 363 Å². The molecular weight excluding hydrogens is 837 g/mol. The van der Waals surface area contributed by atoms with E-state index in [-0.39, 0.29) is 24.3 Å². The van der Waals surface area contributed by atoms with Crippen molar-refractivity contribution in [2.24, 2.45) is 0 Å². The number of fused-ring (bicyclic) bond motifs is 2. The second kappa shape index (κ2) is 20.0. The molecule has 0 fully saturated rings. The fraction of sp³-hybridized carbons (Fsp3) is 0.217. The molecule has 0 amide bonds. The number of halogens is 4. The fourth-order valence-corrected chi connectivity index (χ4v) is 6.95. The molecule has 0 atom stereocenters. The molecule has 8 aromatic rings. The summed E-state index contributed by atoms with van der Waals surface area (Å²) in [5.74, 6) is -0.454. The van der Waals surface area contributed by atoms with Crippen LogP contribution in [0.3, 0.4) is 0 Å². The highest BCUT2D eigenvalue weighted by atomic mass is 19.3. The SMILES string of the molecule is CCOC(=O)c1cc2c(-c3cn(CC(F)F)nc3-c3ccccc3)ncnc2cc1OC.CCOC(=O)c1cc2c(-c3cn(CC(F)F)nc3-c3ccccc3)ncnc2cc1OC. The van der Waals surface area contributed by atoms with Crippen molar-refractivity contribution < 1.29 is 46.1 Å². The third-order valence-corrected chi connectivity index (χ3v) is 9.68. The van der Waals surface area contributed by atoms with Gasteiger partial charge < -0.3 is 18.9 Å². The number of aromatic nitrogens is 8. The maximum absolute atomic E-state index is 13.1. The summed E-state index contributed by atoms with van der Waals surface area (Å²) in [6, 6.07) is 24.9. The van der Waals surface area contributed by atoms with Gasteiger partial charge in [0.05, 0.1) is 49.9 Å². The van der Waals surface area contributed by atoms with Gasteiger partial charge in [0.1, 0.15) is 59.8 Å². The van der Waals surface area contributed by atoms with Crippen LogP contribution in [0.5, 0.6) is 11.5 Å². The summed E-state index contributed by atoms with van der Waals surface area (Å²) in [6.45, 7) is 2.73. The average molecular weight is 877 g/mol. The highest BCUT2D eigenvalue weighted by Gasteiger charge is 2.24. The van der Waals surface area contributed by atoms with E-state index in [2.05, 4.69) is 30.1 Å². The molecule has 4 heterocycles. The number of hydrogen-bond donors (Lipinski definition) is 0. The molecular formula is C46H40F4N8O6. The van der Waals surface area contributed by atoms with E-state index >= 15 is 0 Å². The quantitative estimate of drug-likeness (QED) is 0.0755. The number of esters is 2. The molecule has 18 heteroatoms. The Bertz CT molecular complexity index is 2720. The van der Waals surface area contributed by atoms with Crippen molar-refractivity contribution in [2.45, 2.75) is 39.8 Å². The Balaban J connectivity index is 0.000000191. The van der Waals surface area contributed by atoms with Gasteiger partial charge in [-0.15, -0.1) is 0 Å². The molecule has 0 aliphatic heterocycles.